The van der Waals surface area contributed by atoms with Crippen molar-refractivity contribution in [3.05, 3.63) is 39.7 Å². The first-order valence-corrected chi connectivity index (χ1v) is 8.22. The first-order chi connectivity index (χ1) is 11.0. The third-order valence-corrected chi connectivity index (χ3v) is 4.18. The van der Waals surface area contributed by atoms with Gasteiger partial charge in [0.1, 0.15) is 5.69 Å². The van der Waals surface area contributed by atoms with Gasteiger partial charge in [0.2, 0.25) is 5.43 Å². The van der Waals surface area contributed by atoms with Gasteiger partial charge in [0.25, 0.3) is 0 Å². The molecule has 1 heterocycles. The Hall–Kier alpha value is -2.17. The van der Waals surface area contributed by atoms with Crippen LogP contribution in [-0.2, 0) is 16.0 Å². The maximum Gasteiger partial charge on any atom is 0.312 e. The van der Waals surface area contributed by atoms with E-state index in [1.165, 1.54) is 5.56 Å². The molecule has 0 aliphatic heterocycles. The van der Waals surface area contributed by atoms with Crippen LogP contribution in [0.2, 0.25) is 0 Å². The topological polar surface area (TPSA) is 61.2 Å². The standard InChI is InChI=1S/C18H22N2O3/c1-4-23-17(21)10-15-18(22)14-8-5-12(11(2)3)9-16(14)20(19-15)13-6-7-13/h5,8-9,11,13H,4,6-7,10H2,1-3H3. The SMILES string of the molecule is CCOC(=O)Cc1nn(C2CC2)c2cc(C(C)C)ccc2c1=O. The molecule has 0 amide bonds. The van der Waals surface area contributed by atoms with Crippen LogP contribution in [0.3, 0.4) is 0 Å². The van der Waals surface area contributed by atoms with Gasteiger partial charge in [-0.2, -0.15) is 5.10 Å². The fraction of sp³-hybridized carbons (Fsp3) is 0.500. The van der Waals surface area contributed by atoms with E-state index in [1.54, 1.807) is 6.92 Å². The summed E-state index contributed by atoms with van der Waals surface area (Å²) in [5.74, 6) is -0.0149. The number of nitrogens with zero attached hydrogens (tertiary/aromatic N) is 2. The highest BCUT2D eigenvalue weighted by Gasteiger charge is 2.27. The number of carbonyl (C=O) groups excluding carboxylic acids is 1. The highest BCUT2D eigenvalue weighted by Crippen LogP contribution is 2.36. The van der Waals surface area contributed by atoms with E-state index in [2.05, 4.69) is 25.0 Å². The Labute approximate surface area is 135 Å². The van der Waals surface area contributed by atoms with Crippen LogP contribution in [0.25, 0.3) is 10.9 Å². The Kier molecular flexibility index (Phi) is 4.20. The van der Waals surface area contributed by atoms with Gasteiger partial charge in [0, 0.05) is 5.39 Å². The molecule has 2 aromatic rings. The van der Waals surface area contributed by atoms with Crippen molar-refractivity contribution in [1.29, 1.82) is 0 Å². The quantitative estimate of drug-likeness (QED) is 0.796. The van der Waals surface area contributed by atoms with E-state index in [9.17, 15) is 9.59 Å². The van der Waals surface area contributed by atoms with E-state index in [0.717, 1.165) is 18.4 Å². The molecule has 0 saturated heterocycles. The van der Waals surface area contributed by atoms with E-state index in [4.69, 9.17) is 4.74 Å². The molecule has 0 spiro atoms. The number of rotatable bonds is 5. The number of ether oxygens (including phenoxy) is 1. The van der Waals surface area contributed by atoms with Crippen molar-refractivity contribution in [2.45, 2.75) is 52.0 Å². The normalized spacial score (nSPS) is 14.4. The lowest BCUT2D eigenvalue weighted by Gasteiger charge is -2.13. The summed E-state index contributed by atoms with van der Waals surface area (Å²) in [6, 6.07) is 6.24. The Morgan fingerprint density at radius 1 is 1.39 bits per heavy atom. The average molecular weight is 314 g/mol. The predicted molar refractivity (Wildman–Crippen MR) is 88.7 cm³/mol. The molecule has 0 bridgehead atoms. The molecule has 1 saturated carbocycles. The lowest BCUT2D eigenvalue weighted by molar-refractivity contribution is -0.142. The Morgan fingerprint density at radius 2 is 2.13 bits per heavy atom. The molecule has 1 aliphatic rings. The zero-order valence-electron chi connectivity index (χ0n) is 13.8. The van der Waals surface area contributed by atoms with Gasteiger partial charge in [-0.25, -0.2) is 0 Å². The largest absolute Gasteiger partial charge is 0.466 e. The highest BCUT2D eigenvalue weighted by molar-refractivity contribution is 5.81. The molecule has 0 radical (unpaired) electrons. The van der Waals surface area contributed by atoms with E-state index >= 15 is 0 Å². The van der Waals surface area contributed by atoms with Gasteiger partial charge >= 0.3 is 5.97 Å². The monoisotopic (exact) mass is 314 g/mol. The van der Waals surface area contributed by atoms with Gasteiger partial charge in [-0.3, -0.25) is 14.3 Å². The number of carbonyl (C=O) groups is 1. The van der Waals surface area contributed by atoms with Crippen LogP contribution in [0.5, 0.6) is 0 Å². The number of benzene rings is 1. The van der Waals surface area contributed by atoms with E-state index in [0.29, 0.717) is 24.0 Å². The van der Waals surface area contributed by atoms with E-state index < -0.39 is 5.97 Å². The lowest BCUT2D eigenvalue weighted by atomic mass is 10.0. The molecule has 0 N–H and O–H groups in total. The molecule has 1 aromatic heterocycles. The fourth-order valence-electron chi connectivity index (χ4n) is 2.74. The molecule has 1 fully saturated rings. The molecular weight excluding hydrogens is 292 g/mol. The summed E-state index contributed by atoms with van der Waals surface area (Å²) < 4.78 is 6.88. The van der Waals surface area contributed by atoms with Crippen molar-refractivity contribution in [3.8, 4) is 0 Å². The van der Waals surface area contributed by atoms with Crippen molar-refractivity contribution in [2.75, 3.05) is 6.61 Å². The van der Waals surface area contributed by atoms with Crippen LogP contribution in [0.15, 0.2) is 23.0 Å². The summed E-state index contributed by atoms with van der Waals surface area (Å²) in [7, 11) is 0. The first kappa shape index (κ1) is 15.7. The first-order valence-electron chi connectivity index (χ1n) is 8.22. The molecule has 23 heavy (non-hydrogen) atoms. The maximum absolute atomic E-state index is 12.7. The summed E-state index contributed by atoms with van der Waals surface area (Å²) in [6.07, 6.45) is 2.06. The molecule has 1 aromatic carbocycles. The molecule has 0 unspecified atom stereocenters. The van der Waals surface area contributed by atoms with Crippen molar-refractivity contribution in [3.63, 3.8) is 0 Å². The molecule has 0 atom stereocenters. The summed E-state index contributed by atoms with van der Waals surface area (Å²) in [4.78, 5) is 24.4. The van der Waals surface area contributed by atoms with Crippen molar-refractivity contribution >= 4 is 16.9 Å². The Morgan fingerprint density at radius 3 is 2.74 bits per heavy atom. The number of fused-ring (bicyclic) bond motifs is 1. The lowest BCUT2D eigenvalue weighted by Crippen LogP contribution is -2.22. The second-order valence-corrected chi connectivity index (χ2v) is 6.36. The summed E-state index contributed by atoms with van der Waals surface area (Å²) in [6.45, 7) is 6.31. The van der Waals surface area contributed by atoms with Crippen molar-refractivity contribution < 1.29 is 9.53 Å². The molecule has 5 nitrogen and oxygen atoms in total. The van der Waals surface area contributed by atoms with Crippen molar-refractivity contribution in [2.24, 2.45) is 0 Å². The van der Waals surface area contributed by atoms with Gasteiger partial charge in [-0.1, -0.05) is 19.9 Å². The van der Waals surface area contributed by atoms with Gasteiger partial charge < -0.3 is 4.74 Å². The summed E-state index contributed by atoms with van der Waals surface area (Å²) in [5, 5.41) is 5.12. The summed E-state index contributed by atoms with van der Waals surface area (Å²) >= 11 is 0. The third-order valence-electron chi connectivity index (χ3n) is 4.18. The van der Waals surface area contributed by atoms with Gasteiger partial charge in [0.15, 0.2) is 0 Å². The smallest absolute Gasteiger partial charge is 0.312 e. The van der Waals surface area contributed by atoms with Crippen LogP contribution < -0.4 is 5.43 Å². The maximum atomic E-state index is 12.7. The van der Waals surface area contributed by atoms with Crippen molar-refractivity contribution in [1.82, 2.24) is 9.78 Å². The third kappa shape index (κ3) is 3.14. The molecule has 5 heteroatoms. The Balaban J connectivity index is 2.13. The van der Waals surface area contributed by atoms with Crippen LogP contribution in [-0.4, -0.2) is 22.4 Å². The van der Waals surface area contributed by atoms with Gasteiger partial charge in [-0.05, 0) is 43.4 Å². The minimum Gasteiger partial charge on any atom is -0.466 e. The highest BCUT2D eigenvalue weighted by atomic mass is 16.5. The van der Waals surface area contributed by atoms with Gasteiger partial charge in [0.05, 0.1) is 24.6 Å². The van der Waals surface area contributed by atoms with Crippen LogP contribution in [0.4, 0.5) is 0 Å². The fourth-order valence-corrected chi connectivity index (χ4v) is 2.74. The van der Waals surface area contributed by atoms with E-state index in [-0.39, 0.29) is 17.5 Å². The van der Waals surface area contributed by atoms with Crippen LogP contribution >= 0.6 is 0 Å². The zero-order valence-corrected chi connectivity index (χ0v) is 13.8. The number of aromatic nitrogens is 2. The number of hydrogen-bond acceptors (Lipinski definition) is 4. The zero-order chi connectivity index (χ0) is 16.6. The second kappa shape index (κ2) is 6.14. The number of hydrogen-bond donors (Lipinski definition) is 0. The van der Waals surface area contributed by atoms with Gasteiger partial charge in [-0.15, -0.1) is 0 Å². The minimum absolute atomic E-state index is 0.0682. The van der Waals surface area contributed by atoms with Crippen LogP contribution in [0, 0.1) is 0 Å². The molecule has 122 valence electrons. The number of esters is 1. The Bertz CT molecular complexity index is 804. The predicted octanol–water partition coefficient (Wildman–Crippen LogP) is 2.96. The average Bonchev–Trinajstić information content (AvgIpc) is 3.34. The minimum atomic E-state index is -0.405. The molecule has 3 rings (SSSR count). The van der Waals surface area contributed by atoms with E-state index in [1.807, 2.05) is 16.8 Å². The summed E-state index contributed by atoms with van der Waals surface area (Å²) in [5.41, 5.74) is 2.17. The van der Waals surface area contributed by atoms with Crippen LogP contribution in [0.1, 0.15) is 56.8 Å². The molecule has 1 aliphatic carbocycles. The second-order valence-electron chi connectivity index (χ2n) is 6.36. The molecular formula is C18H22N2O3.